The Kier molecular flexibility index (Phi) is 5.94. The fourth-order valence-electron chi connectivity index (χ4n) is 3.19. The first-order valence-electron chi connectivity index (χ1n) is 8.95. The lowest BCUT2D eigenvalue weighted by Gasteiger charge is -2.22. The highest BCUT2D eigenvalue weighted by molar-refractivity contribution is 5.92. The molecule has 0 radical (unpaired) electrons. The van der Waals surface area contributed by atoms with Gasteiger partial charge in [0.25, 0.3) is 5.91 Å². The van der Waals surface area contributed by atoms with Crippen LogP contribution in [0.25, 0.3) is 0 Å². The Bertz CT molecular complexity index is 740. The topological polar surface area (TPSA) is 72.5 Å². The van der Waals surface area contributed by atoms with E-state index < -0.39 is 0 Å². The maximum Gasteiger partial charge on any atom is 0.270 e. The summed E-state index contributed by atoms with van der Waals surface area (Å²) in [5.74, 6) is 1.22. The molecule has 1 amide bonds. The molecule has 138 valence electrons. The predicted molar refractivity (Wildman–Crippen MR) is 101 cm³/mol. The largest absolute Gasteiger partial charge is 0.493 e. The van der Waals surface area contributed by atoms with E-state index in [0.29, 0.717) is 17.2 Å². The second-order valence-corrected chi connectivity index (χ2v) is 6.44. The van der Waals surface area contributed by atoms with Gasteiger partial charge in [0.15, 0.2) is 11.5 Å². The van der Waals surface area contributed by atoms with Crippen LogP contribution in [0.2, 0.25) is 0 Å². The lowest BCUT2D eigenvalue weighted by atomic mass is 9.95. The van der Waals surface area contributed by atoms with Crippen LogP contribution in [0.4, 0.5) is 11.4 Å². The van der Waals surface area contributed by atoms with Gasteiger partial charge in [0, 0.05) is 17.8 Å². The van der Waals surface area contributed by atoms with Crippen molar-refractivity contribution in [1.29, 1.82) is 0 Å². The van der Waals surface area contributed by atoms with Crippen LogP contribution >= 0.6 is 0 Å². The number of aromatic nitrogens is 1. The van der Waals surface area contributed by atoms with Crippen molar-refractivity contribution < 1.29 is 14.3 Å². The van der Waals surface area contributed by atoms with E-state index in [-0.39, 0.29) is 11.9 Å². The monoisotopic (exact) mass is 355 g/mol. The Morgan fingerprint density at radius 2 is 1.73 bits per heavy atom. The van der Waals surface area contributed by atoms with Crippen molar-refractivity contribution in [2.45, 2.75) is 38.1 Å². The Morgan fingerprint density at radius 3 is 2.38 bits per heavy atom. The molecule has 0 saturated heterocycles. The van der Waals surface area contributed by atoms with Crippen molar-refractivity contribution in [2.75, 3.05) is 19.5 Å². The van der Waals surface area contributed by atoms with Crippen LogP contribution in [0.3, 0.4) is 0 Å². The minimum absolute atomic E-state index is 0.102. The van der Waals surface area contributed by atoms with Crippen LogP contribution in [0.15, 0.2) is 36.5 Å². The molecule has 1 aromatic carbocycles. The quantitative estimate of drug-likeness (QED) is 0.822. The molecule has 0 unspecified atom stereocenters. The zero-order chi connectivity index (χ0) is 18.4. The summed E-state index contributed by atoms with van der Waals surface area (Å²) in [6.07, 6.45) is 7.42. The average Bonchev–Trinajstić information content (AvgIpc) is 2.69. The number of rotatable bonds is 6. The van der Waals surface area contributed by atoms with Gasteiger partial charge in [-0.3, -0.25) is 4.79 Å². The van der Waals surface area contributed by atoms with Crippen molar-refractivity contribution in [3.8, 4) is 11.5 Å². The number of benzene rings is 1. The maximum atomic E-state index is 12.3. The van der Waals surface area contributed by atoms with Crippen molar-refractivity contribution >= 4 is 17.3 Å². The fourth-order valence-corrected chi connectivity index (χ4v) is 3.19. The molecule has 3 rings (SSSR count). The molecule has 6 heteroatoms. The molecule has 1 fully saturated rings. The van der Waals surface area contributed by atoms with Gasteiger partial charge >= 0.3 is 0 Å². The van der Waals surface area contributed by atoms with Crippen LogP contribution in [0.1, 0.15) is 42.6 Å². The predicted octanol–water partition coefficient (Wildman–Crippen LogP) is 3.90. The van der Waals surface area contributed by atoms with Gasteiger partial charge in [0.1, 0.15) is 5.69 Å². The number of pyridine rings is 1. The van der Waals surface area contributed by atoms with Gasteiger partial charge < -0.3 is 20.1 Å². The molecule has 0 aliphatic heterocycles. The highest BCUT2D eigenvalue weighted by Gasteiger charge is 2.17. The van der Waals surface area contributed by atoms with Crippen molar-refractivity contribution in [1.82, 2.24) is 10.3 Å². The van der Waals surface area contributed by atoms with Gasteiger partial charge in [0.2, 0.25) is 0 Å². The number of hydrogen-bond acceptors (Lipinski definition) is 5. The summed E-state index contributed by atoms with van der Waals surface area (Å²) in [5.41, 5.74) is 2.09. The number of nitrogens with zero attached hydrogens (tertiary/aromatic N) is 1. The SMILES string of the molecule is COc1ccc(Nc2ccc(C(=O)NC3CCCCC3)nc2)cc1OC. The number of nitrogens with one attached hydrogen (secondary N) is 2. The molecule has 2 aromatic rings. The smallest absolute Gasteiger partial charge is 0.270 e. The zero-order valence-corrected chi connectivity index (χ0v) is 15.2. The van der Waals surface area contributed by atoms with Crippen LogP contribution in [-0.2, 0) is 0 Å². The van der Waals surface area contributed by atoms with E-state index in [9.17, 15) is 4.79 Å². The summed E-state index contributed by atoms with van der Waals surface area (Å²) in [4.78, 5) is 16.6. The lowest BCUT2D eigenvalue weighted by Crippen LogP contribution is -2.36. The summed E-state index contributed by atoms with van der Waals surface area (Å²) in [6, 6.07) is 9.44. The number of methoxy groups -OCH3 is 2. The Balaban J connectivity index is 1.63. The normalized spacial score (nSPS) is 14.5. The van der Waals surface area contributed by atoms with Crippen molar-refractivity contribution in [3.63, 3.8) is 0 Å². The van der Waals surface area contributed by atoms with Gasteiger partial charge in [-0.05, 0) is 37.1 Å². The minimum atomic E-state index is -0.102. The van der Waals surface area contributed by atoms with E-state index in [1.54, 1.807) is 26.5 Å². The number of carbonyl (C=O) groups is 1. The molecule has 26 heavy (non-hydrogen) atoms. The molecule has 0 spiro atoms. The molecule has 1 aliphatic rings. The molecule has 1 heterocycles. The van der Waals surface area contributed by atoms with E-state index in [1.807, 2.05) is 24.3 Å². The zero-order valence-electron chi connectivity index (χ0n) is 15.2. The summed E-state index contributed by atoms with van der Waals surface area (Å²) in [7, 11) is 3.20. The van der Waals surface area contributed by atoms with E-state index in [4.69, 9.17) is 9.47 Å². The molecule has 1 saturated carbocycles. The summed E-state index contributed by atoms with van der Waals surface area (Å²) in [5, 5.41) is 6.33. The molecule has 6 nitrogen and oxygen atoms in total. The first-order chi connectivity index (χ1) is 12.7. The second kappa shape index (κ2) is 8.56. The molecule has 2 N–H and O–H groups in total. The maximum absolute atomic E-state index is 12.3. The number of anilines is 2. The molecular weight excluding hydrogens is 330 g/mol. The molecule has 1 aromatic heterocycles. The summed E-state index contributed by atoms with van der Waals surface area (Å²) < 4.78 is 10.5. The Morgan fingerprint density at radius 1 is 1.00 bits per heavy atom. The van der Waals surface area contributed by atoms with Crippen molar-refractivity contribution in [3.05, 3.63) is 42.2 Å². The third-order valence-corrected chi connectivity index (χ3v) is 4.61. The molecule has 1 aliphatic carbocycles. The summed E-state index contributed by atoms with van der Waals surface area (Å²) >= 11 is 0. The van der Waals surface area contributed by atoms with Crippen molar-refractivity contribution in [2.24, 2.45) is 0 Å². The molecule has 0 atom stereocenters. The standard InChI is InChI=1S/C20H25N3O3/c1-25-18-11-9-15(12-19(18)26-2)22-16-8-10-17(21-13-16)20(24)23-14-6-4-3-5-7-14/h8-14,22H,3-7H2,1-2H3,(H,23,24). The summed E-state index contributed by atoms with van der Waals surface area (Å²) in [6.45, 7) is 0. The molecule has 0 bridgehead atoms. The van der Waals surface area contributed by atoms with E-state index in [1.165, 1.54) is 19.3 Å². The molecular formula is C20H25N3O3. The Hall–Kier alpha value is -2.76. The number of ether oxygens (including phenoxy) is 2. The first-order valence-corrected chi connectivity index (χ1v) is 8.95. The highest BCUT2D eigenvalue weighted by atomic mass is 16.5. The average molecular weight is 355 g/mol. The van der Waals surface area contributed by atoms with E-state index in [0.717, 1.165) is 24.2 Å². The van der Waals surface area contributed by atoms with Gasteiger partial charge in [-0.1, -0.05) is 19.3 Å². The van der Waals surface area contributed by atoms with Gasteiger partial charge in [-0.2, -0.15) is 0 Å². The third-order valence-electron chi connectivity index (χ3n) is 4.61. The first kappa shape index (κ1) is 18.0. The van der Waals surface area contributed by atoms with Gasteiger partial charge in [-0.15, -0.1) is 0 Å². The number of carbonyl (C=O) groups excluding carboxylic acids is 1. The van der Waals surface area contributed by atoms with E-state index >= 15 is 0 Å². The van der Waals surface area contributed by atoms with Crippen LogP contribution < -0.4 is 20.1 Å². The van der Waals surface area contributed by atoms with Gasteiger partial charge in [0.05, 0.1) is 26.1 Å². The van der Waals surface area contributed by atoms with Gasteiger partial charge in [-0.25, -0.2) is 4.98 Å². The number of amides is 1. The second-order valence-electron chi connectivity index (χ2n) is 6.44. The third kappa shape index (κ3) is 4.45. The highest BCUT2D eigenvalue weighted by Crippen LogP contribution is 2.31. The van der Waals surface area contributed by atoms with Crippen LogP contribution in [-0.4, -0.2) is 31.2 Å². The van der Waals surface area contributed by atoms with Crippen LogP contribution in [0.5, 0.6) is 11.5 Å². The fraction of sp³-hybridized carbons (Fsp3) is 0.400. The lowest BCUT2D eigenvalue weighted by molar-refractivity contribution is 0.0922. The van der Waals surface area contributed by atoms with E-state index in [2.05, 4.69) is 15.6 Å². The minimum Gasteiger partial charge on any atom is -0.493 e. The van der Waals surface area contributed by atoms with Crippen LogP contribution in [0, 0.1) is 0 Å². The Labute approximate surface area is 153 Å². The number of hydrogen-bond donors (Lipinski definition) is 2.